The normalized spacial score (nSPS) is 14.1. The van der Waals surface area contributed by atoms with Gasteiger partial charge < -0.3 is 15.2 Å². The molecule has 0 saturated heterocycles. The fourth-order valence-corrected chi connectivity index (χ4v) is 1.50. The minimum absolute atomic E-state index is 0.00798. The zero-order valence-electron chi connectivity index (χ0n) is 11.0. The van der Waals surface area contributed by atoms with Crippen molar-refractivity contribution in [1.82, 2.24) is 0 Å². The van der Waals surface area contributed by atoms with Gasteiger partial charge in [0.25, 0.3) is 0 Å². The van der Waals surface area contributed by atoms with Gasteiger partial charge in [0.15, 0.2) is 11.5 Å². The van der Waals surface area contributed by atoms with Gasteiger partial charge in [-0.2, -0.15) is 0 Å². The summed E-state index contributed by atoms with van der Waals surface area (Å²) in [6.45, 7) is 6.84. The van der Waals surface area contributed by atoms with Crippen molar-refractivity contribution in [3.8, 4) is 11.5 Å². The van der Waals surface area contributed by atoms with E-state index in [-0.39, 0.29) is 12.1 Å². The number of hydrogen-bond donors (Lipinski definition) is 1. The van der Waals surface area contributed by atoms with Crippen LogP contribution in [0.25, 0.3) is 0 Å². The van der Waals surface area contributed by atoms with Gasteiger partial charge in [-0.25, -0.2) is 0 Å². The number of para-hydroxylation sites is 2. The molecule has 1 rings (SSSR count). The summed E-state index contributed by atoms with van der Waals surface area (Å²) in [5.74, 6) is 1.57. The first kappa shape index (κ1) is 13.8. The molecule has 2 N–H and O–H groups in total. The Bertz CT molecular complexity index is 328. The van der Waals surface area contributed by atoms with E-state index in [9.17, 15) is 0 Å². The fraction of sp³-hybridized carbons (Fsp3) is 0.571. The van der Waals surface area contributed by atoms with Crippen LogP contribution in [0.4, 0.5) is 0 Å². The summed E-state index contributed by atoms with van der Waals surface area (Å²) in [6, 6.07) is 7.79. The van der Waals surface area contributed by atoms with Gasteiger partial charge in [0.1, 0.15) is 6.10 Å². The van der Waals surface area contributed by atoms with E-state index >= 15 is 0 Å². The van der Waals surface area contributed by atoms with E-state index in [0.717, 1.165) is 24.3 Å². The molecule has 0 amide bonds. The zero-order chi connectivity index (χ0) is 12.7. The van der Waals surface area contributed by atoms with Crippen LogP contribution in [0, 0.1) is 0 Å². The van der Waals surface area contributed by atoms with Gasteiger partial charge in [-0.3, -0.25) is 0 Å². The molecule has 1 aromatic rings. The highest BCUT2D eigenvalue weighted by molar-refractivity contribution is 5.39. The lowest BCUT2D eigenvalue weighted by Gasteiger charge is -2.21. The molecular weight excluding hydrogens is 214 g/mol. The van der Waals surface area contributed by atoms with Crippen molar-refractivity contribution in [3.05, 3.63) is 24.3 Å². The summed E-state index contributed by atoms with van der Waals surface area (Å²) in [4.78, 5) is 0. The molecule has 2 atom stereocenters. The Morgan fingerprint density at radius 3 is 2.41 bits per heavy atom. The van der Waals surface area contributed by atoms with Gasteiger partial charge in [-0.1, -0.05) is 26.0 Å². The van der Waals surface area contributed by atoms with Gasteiger partial charge >= 0.3 is 0 Å². The van der Waals surface area contributed by atoms with Crippen molar-refractivity contribution in [3.63, 3.8) is 0 Å². The van der Waals surface area contributed by atoms with Crippen LogP contribution < -0.4 is 15.2 Å². The van der Waals surface area contributed by atoms with Crippen molar-refractivity contribution in [2.45, 2.75) is 45.8 Å². The smallest absolute Gasteiger partial charge is 0.161 e. The second-order valence-electron chi connectivity index (χ2n) is 4.19. The summed E-state index contributed by atoms with van der Waals surface area (Å²) >= 11 is 0. The lowest BCUT2D eigenvalue weighted by atomic mass is 10.1. The van der Waals surface area contributed by atoms with Crippen LogP contribution in [0.1, 0.15) is 33.6 Å². The number of hydrogen-bond acceptors (Lipinski definition) is 3. The maximum atomic E-state index is 5.95. The van der Waals surface area contributed by atoms with Gasteiger partial charge in [0.05, 0.1) is 6.61 Å². The molecule has 3 nitrogen and oxygen atoms in total. The van der Waals surface area contributed by atoms with Crippen LogP contribution in [0.15, 0.2) is 24.3 Å². The van der Waals surface area contributed by atoms with Gasteiger partial charge in [0.2, 0.25) is 0 Å². The number of ether oxygens (including phenoxy) is 2. The minimum Gasteiger partial charge on any atom is -0.490 e. The van der Waals surface area contributed by atoms with Crippen molar-refractivity contribution in [2.24, 2.45) is 5.73 Å². The summed E-state index contributed by atoms with van der Waals surface area (Å²) in [5.41, 5.74) is 5.95. The first-order valence-corrected chi connectivity index (χ1v) is 6.33. The van der Waals surface area contributed by atoms with Crippen LogP contribution in [0.2, 0.25) is 0 Å². The number of nitrogens with two attached hydrogens (primary N) is 1. The van der Waals surface area contributed by atoms with E-state index in [1.807, 2.05) is 31.2 Å². The van der Waals surface area contributed by atoms with Crippen molar-refractivity contribution in [2.75, 3.05) is 6.61 Å². The van der Waals surface area contributed by atoms with Crippen LogP contribution in [0.3, 0.4) is 0 Å². The Morgan fingerprint density at radius 1 is 1.18 bits per heavy atom. The van der Waals surface area contributed by atoms with E-state index in [0.29, 0.717) is 6.61 Å². The quantitative estimate of drug-likeness (QED) is 0.793. The van der Waals surface area contributed by atoms with E-state index in [1.165, 1.54) is 0 Å². The molecule has 3 heteroatoms. The second-order valence-corrected chi connectivity index (χ2v) is 4.19. The monoisotopic (exact) mass is 237 g/mol. The molecule has 0 aliphatic rings. The van der Waals surface area contributed by atoms with Gasteiger partial charge in [0, 0.05) is 6.04 Å². The molecule has 96 valence electrons. The highest BCUT2D eigenvalue weighted by Gasteiger charge is 2.14. The first-order chi connectivity index (χ1) is 8.19. The number of rotatable bonds is 7. The van der Waals surface area contributed by atoms with Gasteiger partial charge in [-0.15, -0.1) is 0 Å². The fourth-order valence-electron chi connectivity index (χ4n) is 1.50. The molecule has 0 saturated carbocycles. The van der Waals surface area contributed by atoms with Gasteiger partial charge in [-0.05, 0) is 31.9 Å². The molecular formula is C14H23NO2. The third kappa shape index (κ3) is 4.27. The maximum absolute atomic E-state index is 5.95. The lowest BCUT2D eigenvalue weighted by molar-refractivity contribution is 0.176. The molecule has 0 bridgehead atoms. The van der Waals surface area contributed by atoms with E-state index in [4.69, 9.17) is 15.2 Å². The molecule has 0 spiro atoms. The Labute approximate surface area is 104 Å². The highest BCUT2D eigenvalue weighted by Crippen LogP contribution is 2.28. The van der Waals surface area contributed by atoms with Crippen molar-refractivity contribution >= 4 is 0 Å². The number of benzene rings is 1. The Morgan fingerprint density at radius 2 is 1.82 bits per heavy atom. The molecule has 0 fully saturated rings. The molecule has 1 aromatic carbocycles. The van der Waals surface area contributed by atoms with E-state index < -0.39 is 0 Å². The van der Waals surface area contributed by atoms with Crippen LogP contribution in [-0.4, -0.2) is 18.8 Å². The van der Waals surface area contributed by atoms with Crippen LogP contribution in [0.5, 0.6) is 11.5 Å². The largest absolute Gasteiger partial charge is 0.490 e. The summed E-state index contributed by atoms with van der Waals surface area (Å²) in [5, 5.41) is 0. The molecule has 0 aromatic heterocycles. The molecule has 17 heavy (non-hydrogen) atoms. The SMILES string of the molecule is CCCOc1ccccc1OC(C)C(N)CC. The Balaban J connectivity index is 2.68. The van der Waals surface area contributed by atoms with Crippen LogP contribution >= 0.6 is 0 Å². The summed E-state index contributed by atoms with van der Waals surface area (Å²) in [7, 11) is 0. The van der Waals surface area contributed by atoms with Crippen molar-refractivity contribution in [1.29, 1.82) is 0 Å². The average Bonchev–Trinajstić information content (AvgIpc) is 2.36. The Kier molecular flexibility index (Phi) is 5.84. The minimum atomic E-state index is -0.00798. The standard InChI is InChI=1S/C14H23NO2/c1-4-10-16-13-8-6-7-9-14(13)17-11(3)12(15)5-2/h6-9,11-12H,4-5,10,15H2,1-3H3. The van der Waals surface area contributed by atoms with Crippen molar-refractivity contribution < 1.29 is 9.47 Å². The predicted molar refractivity (Wildman–Crippen MR) is 70.6 cm³/mol. The summed E-state index contributed by atoms with van der Waals surface area (Å²) < 4.78 is 11.5. The second kappa shape index (κ2) is 7.17. The first-order valence-electron chi connectivity index (χ1n) is 6.33. The third-order valence-electron chi connectivity index (χ3n) is 2.70. The Hall–Kier alpha value is -1.22. The predicted octanol–water partition coefficient (Wildman–Crippen LogP) is 2.98. The highest BCUT2D eigenvalue weighted by atomic mass is 16.5. The van der Waals surface area contributed by atoms with E-state index in [2.05, 4.69) is 13.8 Å². The zero-order valence-corrected chi connectivity index (χ0v) is 11.0. The molecule has 0 heterocycles. The lowest BCUT2D eigenvalue weighted by Crippen LogP contribution is -2.36. The average molecular weight is 237 g/mol. The molecule has 0 aliphatic heterocycles. The van der Waals surface area contributed by atoms with E-state index in [1.54, 1.807) is 0 Å². The summed E-state index contributed by atoms with van der Waals surface area (Å²) in [6.07, 6.45) is 1.88. The van der Waals surface area contributed by atoms with Crippen LogP contribution in [-0.2, 0) is 0 Å². The molecule has 0 aliphatic carbocycles. The third-order valence-corrected chi connectivity index (χ3v) is 2.70. The molecule has 0 radical (unpaired) electrons. The maximum Gasteiger partial charge on any atom is 0.161 e. The topological polar surface area (TPSA) is 44.5 Å². The molecule has 2 unspecified atom stereocenters.